The predicted octanol–water partition coefficient (Wildman–Crippen LogP) is 7.34. The van der Waals surface area contributed by atoms with Crippen LogP contribution in [0.2, 0.25) is 0 Å². The molecule has 0 saturated carbocycles. The number of nitrogens with zero attached hydrogens (tertiary/aromatic N) is 3. The molecule has 1 aromatic heterocycles. The largest absolute Gasteiger partial charge is 0.311 e. The van der Waals surface area contributed by atoms with Gasteiger partial charge in [0.15, 0.2) is 5.82 Å². The monoisotopic (exact) mass is 405 g/mol. The fraction of sp³-hybridized carbons (Fsp3) is 0. The van der Waals surface area contributed by atoms with Crippen molar-refractivity contribution in [1.82, 2.24) is 9.36 Å². The minimum atomic E-state index is 0.773. The van der Waals surface area contributed by atoms with Crippen molar-refractivity contribution in [3.63, 3.8) is 0 Å². The average molecular weight is 406 g/mol. The molecule has 4 heteroatoms. The van der Waals surface area contributed by atoms with Gasteiger partial charge in [0.2, 0.25) is 0 Å². The molecule has 0 N–H and O–H groups in total. The molecule has 144 valence electrons. The van der Waals surface area contributed by atoms with Gasteiger partial charge in [0.25, 0.3) is 0 Å². The molecule has 0 radical (unpaired) electrons. The third kappa shape index (κ3) is 3.73. The summed E-state index contributed by atoms with van der Waals surface area (Å²) in [5.41, 5.74) is 5.46. The number of aromatic nitrogens is 2. The molecule has 0 spiro atoms. The molecule has 0 saturated heterocycles. The number of hydrogen-bond donors (Lipinski definition) is 0. The molecule has 5 aromatic rings. The van der Waals surface area contributed by atoms with Gasteiger partial charge >= 0.3 is 0 Å². The Morgan fingerprint density at radius 2 is 1.00 bits per heavy atom. The van der Waals surface area contributed by atoms with Crippen LogP contribution in [0.5, 0.6) is 0 Å². The van der Waals surface area contributed by atoms with E-state index in [1.165, 1.54) is 11.5 Å². The van der Waals surface area contributed by atoms with Gasteiger partial charge in [-0.15, -0.1) is 0 Å². The molecule has 1 heterocycles. The van der Waals surface area contributed by atoms with E-state index in [-0.39, 0.29) is 0 Å². The van der Waals surface area contributed by atoms with E-state index >= 15 is 0 Å². The SMILES string of the molecule is c1ccc(-c2nsc(-c3ccc(N(c4ccccc4)c4ccccc4)cc3)n2)cc1. The summed E-state index contributed by atoms with van der Waals surface area (Å²) in [6.45, 7) is 0. The lowest BCUT2D eigenvalue weighted by Gasteiger charge is -2.25. The molecular formula is C26H19N3S. The van der Waals surface area contributed by atoms with Gasteiger partial charge in [-0.1, -0.05) is 66.7 Å². The van der Waals surface area contributed by atoms with Crippen molar-refractivity contribution in [3.8, 4) is 22.0 Å². The topological polar surface area (TPSA) is 29.0 Å². The molecule has 0 bridgehead atoms. The summed E-state index contributed by atoms with van der Waals surface area (Å²) in [7, 11) is 0. The van der Waals surface area contributed by atoms with E-state index in [1.54, 1.807) is 0 Å². The molecule has 3 nitrogen and oxygen atoms in total. The molecular weight excluding hydrogens is 386 g/mol. The Bertz CT molecular complexity index is 1180. The number of rotatable bonds is 5. The number of benzene rings is 4. The fourth-order valence-corrected chi connectivity index (χ4v) is 4.09. The first-order valence-electron chi connectivity index (χ1n) is 9.78. The van der Waals surface area contributed by atoms with E-state index in [0.717, 1.165) is 39.0 Å². The smallest absolute Gasteiger partial charge is 0.173 e. The molecule has 0 amide bonds. The Morgan fingerprint density at radius 1 is 0.500 bits per heavy atom. The van der Waals surface area contributed by atoms with Crippen LogP contribution in [-0.4, -0.2) is 9.36 Å². The number of para-hydroxylation sites is 2. The van der Waals surface area contributed by atoms with Crippen LogP contribution in [0.1, 0.15) is 0 Å². The van der Waals surface area contributed by atoms with Crippen LogP contribution >= 0.6 is 11.5 Å². The zero-order valence-electron chi connectivity index (χ0n) is 16.2. The standard InChI is InChI=1S/C26H19N3S/c1-4-10-20(11-5-1)25-27-26(30-28-25)21-16-18-24(19-17-21)29(22-12-6-2-7-13-22)23-14-8-3-9-15-23/h1-19H. The summed E-state index contributed by atoms with van der Waals surface area (Å²) >= 11 is 1.43. The Morgan fingerprint density at radius 3 is 1.57 bits per heavy atom. The molecule has 0 fully saturated rings. The van der Waals surface area contributed by atoms with Crippen LogP contribution < -0.4 is 4.90 Å². The van der Waals surface area contributed by atoms with Gasteiger partial charge in [-0.3, -0.25) is 0 Å². The highest BCUT2D eigenvalue weighted by Gasteiger charge is 2.13. The lowest BCUT2D eigenvalue weighted by molar-refractivity contribution is 1.28. The van der Waals surface area contributed by atoms with E-state index in [4.69, 9.17) is 4.98 Å². The van der Waals surface area contributed by atoms with Gasteiger partial charge in [-0.05, 0) is 60.1 Å². The Balaban J connectivity index is 1.48. The highest BCUT2D eigenvalue weighted by molar-refractivity contribution is 7.09. The number of anilines is 3. The molecule has 0 unspecified atom stereocenters. The van der Waals surface area contributed by atoms with Crippen LogP contribution in [0.25, 0.3) is 22.0 Å². The first kappa shape index (κ1) is 18.3. The Labute approximate surface area is 180 Å². The molecule has 0 aliphatic carbocycles. The van der Waals surface area contributed by atoms with E-state index in [0.29, 0.717) is 0 Å². The summed E-state index contributed by atoms with van der Waals surface area (Å²) in [4.78, 5) is 6.98. The summed E-state index contributed by atoms with van der Waals surface area (Å²) in [6, 6.07) is 39.4. The first-order valence-corrected chi connectivity index (χ1v) is 10.6. The average Bonchev–Trinajstić information content (AvgIpc) is 3.32. The Kier molecular flexibility index (Phi) is 5.06. The van der Waals surface area contributed by atoms with Crippen molar-refractivity contribution in [2.45, 2.75) is 0 Å². The maximum Gasteiger partial charge on any atom is 0.173 e. The Hall–Kier alpha value is -3.76. The quantitative estimate of drug-likeness (QED) is 0.306. The van der Waals surface area contributed by atoms with Crippen molar-refractivity contribution < 1.29 is 0 Å². The van der Waals surface area contributed by atoms with Crippen LogP contribution in [0.3, 0.4) is 0 Å². The normalized spacial score (nSPS) is 10.7. The maximum absolute atomic E-state index is 4.74. The van der Waals surface area contributed by atoms with Crippen LogP contribution in [-0.2, 0) is 0 Å². The minimum Gasteiger partial charge on any atom is -0.311 e. The minimum absolute atomic E-state index is 0.773. The maximum atomic E-state index is 4.74. The van der Waals surface area contributed by atoms with Gasteiger partial charge < -0.3 is 4.90 Å². The van der Waals surface area contributed by atoms with Crippen molar-refractivity contribution in [2.75, 3.05) is 4.90 Å². The van der Waals surface area contributed by atoms with Crippen molar-refractivity contribution in [3.05, 3.63) is 115 Å². The molecule has 0 aliphatic heterocycles. The zero-order chi connectivity index (χ0) is 20.2. The van der Waals surface area contributed by atoms with Crippen molar-refractivity contribution >= 4 is 28.6 Å². The molecule has 0 aliphatic rings. The lowest BCUT2D eigenvalue weighted by atomic mass is 10.1. The third-order valence-electron chi connectivity index (χ3n) is 4.86. The van der Waals surface area contributed by atoms with E-state index < -0.39 is 0 Å². The van der Waals surface area contributed by atoms with Gasteiger partial charge in [-0.25, -0.2) is 4.98 Å². The van der Waals surface area contributed by atoms with Crippen molar-refractivity contribution in [1.29, 1.82) is 0 Å². The zero-order valence-corrected chi connectivity index (χ0v) is 17.0. The second kappa shape index (κ2) is 8.31. The van der Waals surface area contributed by atoms with E-state index in [1.807, 2.05) is 42.5 Å². The van der Waals surface area contributed by atoms with Gasteiger partial charge in [0.1, 0.15) is 5.01 Å². The molecule has 0 atom stereocenters. The fourth-order valence-electron chi connectivity index (χ4n) is 3.40. The summed E-state index contributed by atoms with van der Waals surface area (Å²) in [5, 5.41) is 0.923. The molecule has 5 rings (SSSR count). The summed E-state index contributed by atoms with van der Waals surface area (Å²) < 4.78 is 4.54. The number of hydrogen-bond acceptors (Lipinski definition) is 4. The van der Waals surface area contributed by atoms with Crippen molar-refractivity contribution in [2.24, 2.45) is 0 Å². The van der Waals surface area contributed by atoms with Gasteiger partial charge in [0, 0.05) is 28.2 Å². The lowest BCUT2D eigenvalue weighted by Crippen LogP contribution is -2.09. The first-order chi connectivity index (χ1) is 14.9. The predicted molar refractivity (Wildman–Crippen MR) is 125 cm³/mol. The van der Waals surface area contributed by atoms with E-state index in [9.17, 15) is 0 Å². The summed E-state index contributed by atoms with van der Waals surface area (Å²) in [6.07, 6.45) is 0. The second-order valence-electron chi connectivity index (χ2n) is 6.84. The van der Waals surface area contributed by atoms with Gasteiger partial charge in [0.05, 0.1) is 0 Å². The van der Waals surface area contributed by atoms with E-state index in [2.05, 4.69) is 82.1 Å². The summed E-state index contributed by atoms with van der Waals surface area (Å²) in [5.74, 6) is 0.773. The highest BCUT2D eigenvalue weighted by Crippen LogP contribution is 2.35. The van der Waals surface area contributed by atoms with Crippen LogP contribution in [0.4, 0.5) is 17.1 Å². The molecule has 4 aromatic carbocycles. The van der Waals surface area contributed by atoms with Gasteiger partial charge in [-0.2, -0.15) is 4.37 Å². The van der Waals surface area contributed by atoms with Crippen LogP contribution in [0, 0.1) is 0 Å². The van der Waals surface area contributed by atoms with Crippen LogP contribution in [0.15, 0.2) is 115 Å². The second-order valence-corrected chi connectivity index (χ2v) is 7.59. The molecule has 30 heavy (non-hydrogen) atoms. The highest BCUT2D eigenvalue weighted by atomic mass is 32.1. The third-order valence-corrected chi connectivity index (χ3v) is 5.62.